The van der Waals surface area contributed by atoms with Crippen LogP contribution in [-0.4, -0.2) is 81.0 Å². The number of piperazine rings is 1. The van der Waals surface area contributed by atoms with E-state index in [0.29, 0.717) is 26.4 Å². The monoisotopic (exact) mass is 257 g/mol. The third kappa shape index (κ3) is 3.83. The summed E-state index contributed by atoms with van der Waals surface area (Å²) in [6.07, 6.45) is 0.190. The molecule has 1 atom stereocenters. The number of nitrogens with zero attached hydrogens (tertiary/aromatic N) is 2. The van der Waals surface area contributed by atoms with Crippen LogP contribution in [0.25, 0.3) is 0 Å². The van der Waals surface area contributed by atoms with Crippen molar-refractivity contribution in [1.82, 2.24) is 15.1 Å². The molecule has 0 aliphatic carbocycles. The fraction of sp³-hybridized carbons (Fsp3) is 0.917. The van der Waals surface area contributed by atoms with Crippen LogP contribution >= 0.6 is 0 Å². The third-order valence-electron chi connectivity index (χ3n) is 3.33. The van der Waals surface area contributed by atoms with E-state index in [9.17, 15) is 4.79 Å². The number of carbonyl (C=O) groups excluding carboxylic acids is 1. The molecule has 0 spiro atoms. The number of hydrogen-bond donors (Lipinski definition) is 1. The molecule has 6 heteroatoms. The van der Waals surface area contributed by atoms with Crippen LogP contribution in [0, 0.1) is 0 Å². The van der Waals surface area contributed by atoms with Crippen molar-refractivity contribution in [3.63, 3.8) is 0 Å². The van der Waals surface area contributed by atoms with Gasteiger partial charge in [-0.2, -0.15) is 0 Å². The Balaban J connectivity index is 1.68. The summed E-state index contributed by atoms with van der Waals surface area (Å²) >= 11 is 0. The minimum Gasteiger partial charge on any atom is -0.376 e. The van der Waals surface area contributed by atoms with Crippen molar-refractivity contribution < 1.29 is 14.3 Å². The highest BCUT2D eigenvalue weighted by Crippen LogP contribution is 2.07. The fourth-order valence-electron chi connectivity index (χ4n) is 2.33. The molecule has 2 saturated heterocycles. The average Bonchev–Trinajstić information content (AvgIpc) is 2.41. The molecule has 6 nitrogen and oxygen atoms in total. The van der Waals surface area contributed by atoms with Crippen LogP contribution in [0.3, 0.4) is 0 Å². The molecule has 2 rings (SSSR count). The van der Waals surface area contributed by atoms with Gasteiger partial charge in [-0.05, 0) is 6.92 Å². The molecule has 0 radical (unpaired) electrons. The number of hydrogen-bond acceptors (Lipinski definition) is 4. The first kappa shape index (κ1) is 13.6. The maximum Gasteiger partial charge on any atom is 0.317 e. The van der Waals surface area contributed by atoms with Gasteiger partial charge in [0, 0.05) is 39.3 Å². The van der Waals surface area contributed by atoms with E-state index >= 15 is 0 Å². The fourth-order valence-corrected chi connectivity index (χ4v) is 2.33. The van der Waals surface area contributed by atoms with Crippen molar-refractivity contribution in [1.29, 1.82) is 0 Å². The van der Waals surface area contributed by atoms with Crippen molar-refractivity contribution in [2.45, 2.75) is 13.0 Å². The van der Waals surface area contributed by atoms with E-state index in [0.717, 1.165) is 32.7 Å². The Morgan fingerprint density at radius 1 is 1.28 bits per heavy atom. The zero-order valence-corrected chi connectivity index (χ0v) is 11.1. The summed E-state index contributed by atoms with van der Waals surface area (Å²) in [6, 6.07) is 0.0504. The largest absolute Gasteiger partial charge is 0.376 e. The molecule has 2 amide bonds. The molecule has 0 aromatic carbocycles. The minimum atomic E-state index is 0.0504. The predicted octanol–water partition coefficient (Wildman–Crippen LogP) is -0.251. The second-order valence-corrected chi connectivity index (χ2v) is 4.69. The third-order valence-corrected chi connectivity index (χ3v) is 3.33. The number of ether oxygens (including phenoxy) is 2. The Bertz CT molecular complexity index is 261. The van der Waals surface area contributed by atoms with Crippen LogP contribution in [0.5, 0.6) is 0 Å². The van der Waals surface area contributed by atoms with E-state index in [1.165, 1.54) is 0 Å². The molecule has 2 fully saturated rings. The molecule has 2 aliphatic heterocycles. The average molecular weight is 257 g/mol. The van der Waals surface area contributed by atoms with Crippen molar-refractivity contribution in [2.75, 3.05) is 59.1 Å². The summed E-state index contributed by atoms with van der Waals surface area (Å²) in [5.74, 6) is 0. The molecule has 2 heterocycles. The summed E-state index contributed by atoms with van der Waals surface area (Å²) in [5, 5.41) is 2.84. The first-order chi connectivity index (χ1) is 8.79. The maximum atomic E-state index is 11.6. The normalized spacial score (nSPS) is 26.1. The van der Waals surface area contributed by atoms with Gasteiger partial charge in [0.05, 0.1) is 25.9 Å². The molecule has 2 aliphatic rings. The first-order valence-corrected chi connectivity index (χ1v) is 6.74. The van der Waals surface area contributed by atoms with Gasteiger partial charge in [0.25, 0.3) is 0 Å². The van der Waals surface area contributed by atoms with Gasteiger partial charge in [-0.15, -0.1) is 0 Å². The lowest BCUT2D eigenvalue weighted by Crippen LogP contribution is -2.53. The lowest BCUT2D eigenvalue weighted by Gasteiger charge is -2.36. The van der Waals surface area contributed by atoms with Gasteiger partial charge in [0.2, 0.25) is 0 Å². The lowest BCUT2D eigenvalue weighted by molar-refractivity contribution is -0.0993. The van der Waals surface area contributed by atoms with E-state index in [4.69, 9.17) is 9.47 Å². The molecule has 0 bridgehead atoms. The molecular weight excluding hydrogens is 234 g/mol. The zero-order chi connectivity index (χ0) is 12.8. The van der Waals surface area contributed by atoms with Crippen LogP contribution in [0.2, 0.25) is 0 Å². The lowest BCUT2D eigenvalue weighted by atomic mass is 10.2. The Kier molecular flexibility index (Phi) is 5.22. The number of nitrogens with one attached hydrogen (secondary N) is 1. The van der Waals surface area contributed by atoms with E-state index in [1.54, 1.807) is 0 Å². The molecular formula is C12H23N3O3. The van der Waals surface area contributed by atoms with E-state index in [-0.39, 0.29) is 12.1 Å². The van der Waals surface area contributed by atoms with Gasteiger partial charge in [-0.1, -0.05) is 0 Å². The molecule has 18 heavy (non-hydrogen) atoms. The number of amides is 2. The van der Waals surface area contributed by atoms with Crippen molar-refractivity contribution in [2.24, 2.45) is 0 Å². The first-order valence-electron chi connectivity index (χ1n) is 6.74. The summed E-state index contributed by atoms with van der Waals surface area (Å²) < 4.78 is 11.0. The van der Waals surface area contributed by atoms with Crippen LogP contribution in [0.4, 0.5) is 4.79 Å². The Labute approximate surface area is 108 Å². The molecule has 1 unspecified atom stereocenters. The molecule has 104 valence electrons. The highest BCUT2D eigenvalue weighted by molar-refractivity contribution is 5.74. The molecule has 0 aromatic heterocycles. The quantitative estimate of drug-likeness (QED) is 0.757. The molecule has 1 N–H and O–H groups in total. The second kappa shape index (κ2) is 6.92. The van der Waals surface area contributed by atoms with Gasteiger partial charge in [-0.3, -0.25) is 4.90 Å². The van der Waals surface area contributed by atoms with E-state index in [2.05, 4.69) is 10.2 Å². The Morgan fingerprint density at radius 3 is 2.67 bits per heavy atom. The number of rotatable bonds is 3. The Hall–Kier alpha value is -0.850. The topological polar surface area (TPSA) is 54.0 Å². The van der Waals surface area contributed by atoms with Gasteiger partial charge in [0.15, 0.2) is 0 Å². The molecule has 0 aromatic rings. The van der Waals surface area contributed by atoms with Gasteiger partial charge in [-0.25, -0.2) is 4.79 Å². The minimum absolute atomic E-state index is 0.0504. The summed E-state index contributed by atoms with van der Waals surface area (Å²) in [5.41, 5.74) is 0. The van der Waals surface area contributed by atoms with E-state index in [1.807, 2.05) is 11.8 Å². The van der Waals surface area contributed by atoms with Gasteiger partial charge < -0.3 is 19.7 Å². The number of urea groups is 1. The van der Waals surface area contributed by atoms with Crippen molar-refractivity contribution >= 4 is 6.03 Å². The van der Waals surface area contributed by atoms with Crippen LogP contribution in [-0.2, 0) is 9.47 Å². The summed E-state index contributed by atoms with van der Waals surface area (Å²) in [4.78, 5) is 15.9. The smallest absolute Gasteiger partial charge is 0.317 e. The second-order valence-electron chi connectivity index (χ2n) is 4.69. The van der Waals surface area contributed by atoms with Gasteiger partial charge in [0.1, 0.15) is 0 Å². The van der Waals surface area contributed by atoms with E-state index < -0.39 is 0 Å². The summed E-state index contributed by atoms with van der Waals surface area (Å²) in [6.45, 7) is 9.04. The predicted molar refractivity (Wildman–Crippen MR) is 67.6 cm³/mol. The number of carbonyl (C=O) groups is 1. The highest BCUT2D eigenvalue weighted by atomic mass is 16.6. The SMILES string of the molecule is CCNC(=O)N1CCN(CC2COCCO2)CC1. The zero-order valence-electron chi connectivity index (χ0n) is 11.1. The van der Waals surface area contributed by atoms with Crippen LogP contribution in [0.1, 0.15) is 6.92 Å². The van der Waals surface area contributed by atoms with Crippen molar-refractivity contribution in [3.8, 4) is 0 Å². The van der Waals surface area contributed by atoms with Crippen LogP contribution in [0.15, 0.2) is 0 Å². The molecule has 0 saturated carbocycles. The maximum absolute atomic E-state index is 11.6. The highest BCUT2D eigenvalue weighted by Gasteiger charge is 2.24. The standard InChI is InChI=1S/C12H23N3O3/c1-2-13-12(16)15-5-3-14(4-6-15)9-11-10-17-7-8-18-11/h11H,2-10H2,1H3,(H,13,16). The Morgan fingerprint density at radius 2 is 2.06 bits per heavy atom. The van der Waals surface area contributed by atoms with Crippen LogP contribution < -0.4 is 5.32 Å². The van der Waals surface area contributed by atoms with Gasteiger partial charge >= 0.3 is 6.03 Å². The van der Waals surface area contributed by atoms with Crippen molar-refractivity contribution in [3.05, 3.63) is 0 Å². The summed E-state index contributed by atoms with van der Waals surface area (Å²) in [7, 11) is 0.